The molecule has 0 aliphatic rings. The van der Waals surface area contributed by atoms with E-state index < -0.39 is 5.54 Å². The van der Waals surface area contributed by atoms with Crippen molar-refractivity contribution in [3.05, 3.63) is 0 Å². The van der Waals surface area contributed by atoms with Crippen molar-refractivity contribution in [2.75, 3.05) is 33.4 Å². The Morgan fingerprint density at radius 2 is 1.95 bits per heavy atom. The van der Waals surface area contributed by atoms with Crippen molar-refractivity contribution in [3.63, 3.8) is 0 Å². The smallest absolute Gasteiger partial charge is 0.325 e. The molecule has 0 aromatic heterocycles. The Balaban J connectivity index is 4.11. The molecule has 0 aromatic carbocycles. The molecular formula is C16H34N2O3. The zero-order chi connectivity index (χ0) is 16.3. The van der Waals surface area contributed by atoms with Gasteiger partial charge >= 0.3 is 5.97 Å². The third-order valence-corrected chi connectivity index (χ3v) is 3.93. The fourth-order valence-electron chi connectivity index (χ4n) is 2.22. The molecule has 0 radical (unpaired) electrons. The summed E-state index contributed by atoms with van der Waals surface area (Å²) in [6, 6.07) is 0.550. The molecule has 0 aliphatic carbocycles. The molecule has 0 spiro atoms. The van der Waals surface area contributed by atoms with Crippen LogP contribution in [0.5, 0.6) is 0 Å². The van der Waals surface area contributed by atoms with E-state index in [2.05, 4.69) is 18.7 Å². The summed E-state index contributed by atoms with van der Waals surface area (Å²) in [5.74, 6) is -0.303. The van der Waals surface area contributed by atoms with Gasteiger partial charge in [0.2, 0.25) is 0 Å². The van der Waals surface area contributed by atoms with Crippen LogP contribution in [0, 0.1) is 0 Å². The number of methoxy groups -OCH3 is 1. The number of ether oxygens (including phenoxy) is 2. The molecule has 2 unspecified atom stereocenters. The maximum absolute atomic E-state index is 11.7. The lowest BCUT2D eigenvalue weighted by atomic mass is 9.96. The molecule has 126 valence electrons. The molecule has 0 aliphatic heterocycles. The van der Waals surface area contributed by atoms with Crippen LogP contribution in [0.4, 0.5) is 0 Å². The van der Waals surface area contributed by atoms with Gasteiger partial charge in [0.1, 0.15) is 5.54 Å². The van der Waals surface area contributed by atoms with Gasteiger partial charge in [-0.05, 0) is 53.0 Å². The zero-order valence-corrected chi connectivity index (χ0v) is 14.5. The number of nitrogens with two attached hydrogens (primary N) is 1. The van der Waals surface area contributed by atoms with Crippen molar-refractivity contribution in [2.45, 2.75) is 65.0 Å². The topological polar surface area (TPSA) is 64.8 Å². The quantitative estimate of drug-likeness (QED) is 0.442. The van der Waals surface area contributed by atoms with Crippen LogP contribution in [0.25, 0.3) is 0 Å². The molecule has 0 bridgehead atoms. The molecule has 0 amide bonds. The van der Waals surface area contributed by atoms with E-state index in [-0.39, 0.29) is 5.97 Å². The number of esters is 1. The lowest BCUT2D eigenvalue weighted by Gasteiger charge is -2.28. The van der Waals surface area contributed by atoms with Gasteiger partial charge in [0.25, 0.3) is 0 Å². The van der Waals surface area contributed by atoms with Crippen LogP contribution in [0.3, 0.4) is 0 Å². The van der Waals surface area contributed by atoms with E-state index in [1.807, 2.05) is 0 Å². The third-order valence-electron chi connectivity index (χ3n) is 3.93. The number of nitrogens with zero attached hydrogens (tertiary/aromatic N) is 1. The van der Waals surface area contributed by atoms with Crippen LogP contribution in [0.2, 0.25) is 0 Å². The highest BCUT2D eigenvalue weighted by molar-refractivity contribution is 5.79. The van der Waals surface area contributed by atoms with Crippen LogP contribution < -0.4 is 5.73 Å². The Labute approximate surface area is 130 Å². The minimum absolute atomic E-state index is 0.303. The van der Waals surface area contributed by atoms with E-state index in [1.54, 1.807) is 21.0 Å². The molecular weight excluding hydrogens is 268 g/mol. The van der Waals surface area contributed by atoms with Crippen molar-refractivity contribution >= 4 is 5.97 Å². The maximum Gasteiger partial charge on any atom is 0.325 e. The number of hydrogen-bond donors (Lipinski definition) is 1. The van der Waals surface area contributed by atoms with Gasteiger partial charge in [-0.1, -0.05) is 6.92 Å². The van der Waals surface area contributed by atoms with Crippen molar-refractivity contribution in [1.82, 2.24) is 4.90 Å². The van der Waals surface area contributed by atoms with E-state index in [0.717, 1.165) is 39.0 Å². The van der Waals surface area contributed by atoms with Crippen molar-refractivity contribution in [1.29, 1.82) is 0 Å². The van der Waals surface area contributed by atoms with E-state index in [4.69, 9.17) is 15.2 Å². The number of carbonyl (C=O) groups is 1. The van der Waals surface area contributed by atoms with Gasteiger partial charge in [0.05, 0.1) is 13.2 Å². The second kappa shape index (κ2) is 11.0. The van der Waals surface area contributed by atoms with Gasteiger partial charge in [-0.2, -0.15) is 0 Å². The standard InChI is InChI=1S/C16H34N2O3/c1-6-14(3)18(12-13-20-5)11-9-8-10-16(4,17)15(19)21-7-2/h14H,6-13,17H2,1-5H3. The van der Waals surface area contributed by atoms with Gasteiger partial charge in [-0.3, -0.25) is 9.69 Å². The Morgan fingerprint density at radius 3 is 2.48 bits per heavy atom. The highest BCUT2D eigenvalue weighted by Gasteiger charge is 2.29. The van der Waals surface area contributed by atoms with Crippen LogP contribution in [0.1, 0.15) is 53.4 Å². The molecule has 5 nitrogen and oxygen atoms in total. The predicted octanol–water partition coefficient (Wildman–Crippen LogP) is 2.18. The zero-order valence-electron chi connectivity index (χ0n) is 14.5. The molecule has 0 fully saturated rings. The van der Waals surface area contributed by atoms with E-state index in [9.17, 15) is 4.79 Å². The van der Waals surface area contributed by atoms with Crippen LogP contribution in [-0.4, -0.2) is 55.9 Å². The minimum atomic E-state index is -0.871. The number of carbonyl (C=O) groups excluding carboxylic acids is 1. The summed E-state index contributed by atoms with van der Waals surface area (Å²) in [5.41, 5.74) is 5.15. The largest absolute Gasteiger partial charge is 0.465 e. The normalized spacial score (nSPS) is 15.8. The molecule has 2 N–H and O–H groups in total. The summed E-state index contributed by atoms with van der Waals surface area (Å²) >= 11 is 0. The summed E-state index contributed by atoms with van der Waals surface area (Å²) in [6.45, 7) is 11.1. The van der Waals surface area contributed by atoms with Gasteiger partial charge < -0.3 is 15.2 Å². The second-order valence-electron chi connectivity index (χ2n) is 5.88. The number of unbranched alkanes of at least 4 members (excludes halogenated alkanes) is 1. The molecule has 0 aromatic rings. The summed E-state index contributed by atoms with van der Waals surface area (Å²) in [4.78, 5) is 14.1. The lowest BCUT2D eigenvalue weighted by Crippen LogP contribution is -2.46. The SMILES string of the molecule is CCOC(=O)C(C)(N)CCCCN(CCOC)C(C)CC. The first-order chi connectivity index (χ1) is 9.88. The first-order valence-electron chi connectivity index (χ1n) is 8.08. The summed E-state index contributed by atoms with van der Waals surface area (Å²) in [7, 11) is 1.73. The summed E-state index contributed by atoms with van der Waals surface area (Å²) < 4.78 is 10.2. The molecule has 5 heteroatoms. The predicted molar refractivity (Wildman–Crippen MR) is 86.3 cm³/mol. The molecule has 2 atom stereocenters. The van der Waals surface area contributed by atoms with Gasteiger partial charge in [-0.15, -0.1) is 0 Å². The van der Waals surface area contributed by atoms with Gasteiger partial charge in [0, 0.05) is 19.7 Å². The average Bonchev–Trinajstić information content (AvgIpc) is 2.45. The van der Waals surface area contributed by atoms with Gasteiger partial charge in [0.15, 0.2) is 0 Å². The molecule has 0 heterocycles. The Morgan fingerprint density at radius 1 is 1.29 bits per heavy atom. The Kier molecular flexibility index (Phi) is 10.6. The fraction of sp³-hybridized carbons (Fsp3) is 0.938. The van der Waals surface area contributed by atoms with Crippen LogP contribution in [-0.2, 0) is 14.3 Å². The monoisotopic (exact) mass is 302 g/mol. The maximum atomic E-state index is 11.7. The van der Waals surface area contributed by atoms with Crippen molar-refractivity contribution in [3.8, 4) is 0 Å². The van der Waals surface area contributed by atoms with Gasteiger partial charge in [-0.25, -0.2) is 0 Å². The Hall–Kier alpha value is -0.650. The molecule has 0 saturated heterocycles. The molecule has 0 rings (SSSR count). The average molecular weight is 302 g/mol. The summed E-state index contributed by atoms with van der Waals surface area (Å²) in [5, 5.41) is 0. The number of rotatable bonds is 12. The van der Waals surface area contributed by atoms with Crippen molar-refractivity contribution < 1.29 is 14.3 Å². The number of hydrogen-bond acceptors (Lipinski definition) is 5. The van der Waals surface area contributed by atoms with E-state index >= 15 is 0 Å². The fourth-order valence-corrected chi connectivity index (χ4v) is 2.22. The first-order valence-corrected chi connectivity index (χ1v) is 8.08. The highest BCUT2D eigenvalue weighted by Crippen LogP contribution is 2.14. The van der Waals surface area contributed by atoms with Crippen LogP contribution in [0.15, 0.2) is 0 Å². The molecule has 0 saturated carbocycles. The summed E-state index contributed by atoms with van der Waals surface area (Å²) in [6.07, 6.45) is 3.73. The van der Waals surface area contributed by atoms with E-state index in [1.165, 1.54) is 0 Å². The minimum Gasteiger partial charge on any atom is -0.465 e. The highest BCUT2D eigenvalue weighted by atomic mass is 16.5. The lowest BCUT2D eigenvalue weighted by molar-refractivity contribution is -0.149. The Bertz CT molecular complexity index is 283. The second-order valence-corrected chi connectivity index (χ2v) is 5.88. The van der Waals surface area contributed by atoms with E-state index in [0.29, 0.717) is 19.1 Å². The first kappa shape index (κ1) is 20.3. The van der Waals surface area contributed by atoms with Crippen LogP contribution >= 0.6 is 0 Å². The third kappa shape index (κ3) is 8.39. The molecule has 21 heavy (non-hydrogen) atoms. The van der Waals surface area contributed by atoms with Crippen molar-refractivity contribution in [2.24, 2.45) is 5.73 Å².